The largest absolute Gasteiger partial charge is 0.373 e. The van der Waals surface area contributed by atoms with E-state index in [-0.39, 0.29) is 11.6 Å². The highest BCUT2D eigenvalue weighted by atomic mass is 35.5. The van der Waals surface area contributed by atoms with Gasteiger partial charge in [-0.05, 0) is 36.8 Å². The zero-order chi connectivity index (χ0) is 17.3. The molecule has 0 atom stereocenters. The number of anilines is 2. The van der Waals surface area contributed by atoms with Crippen molar-refractivity contribution in [3.63, 3.8) is 0 Å². The average Bonchev–Trinajstić information content (AvgIpc) is 2.73. The molecule has 0 aliphatic carbocycles. The van der Waals surface area contributed by atoms with Crippen molar-refractivity contribution in [3.8, 4) is 0 Å². The van der Waals surface area contributed by atoms with Crippen LogP contribution in [0, 0.1) is 0 Å². The molecule has 7 heteroatoms. The normalized spacial score (nSPS) is 14.1. The van der Waals surface area contributed by atoms with Gasteiger partial charge in [-0.3, -0.25) is 14.6 Å². The molecule has 0 unspecified atom stereocenters. The van der Waals surface area contributed by atoms with Gasteiger partial charge in [-0.15, -0.1) is 0 Å². The molecule has 0 spiro atoms. The van der Waals surface area contributed by atoms with Crippen LogP contribution in [0.1, 0.15) is 27.3 Å². The highest BCUT2D eigenvalue weighted by molar-refractivity contribution is 6.31. The molecule has 6 nitrogen and oxygen atoms in total. The van der Waals surface area contributed by atoms with E-state index in [4.69, 9.17) is 17.3 Å². The van der Waals surface area contributed by atoms with Crippen molar-refractivity contribution >= 4 is 34.8 Å². The summed E-state index contributed by atoms with van der Waals surface area (Å²) in [7, 11) is 1.98. The van der Waals surface area contributed by atoms with Crippen LogP contribution < -0.4 is 15.5 Å². The molecule has 0 fully saturated rings. The Balaban J connectivity index is 2.04. The van der Waals surface area contributed by atoms with Crippen molar-refractivity contribution in [3.05, 3.63) is 52.8 Å². The van der Waals surface area contributed by atoms with Gasteiger partial charge in [-0.1, -0.05) is 11.6 Å². The molecule has 1 aromatic heterocycles. The van der Waals surface area contributed by atoms with E-state index in [9.17, 15) is 9.59 Å². The second kappa shape index (κ2) is 6.49. The van der Waals surface area contributed by atoms with Crippen LogP contribution >= 0.6 is 11.6 Å². The average molecular weight is 345 g/mol. The van der Waals surface area contributed by atoms with Crippen molar-refractivity contribution in [2.45, 2.75) is 6.42 Å². The number of nitrogens with zero attached hydrogens (tertiary/aromatic N) is 3. The van der Waals surface area contributed by atoms with Gasteiger partial charge in [0.2, 0.25) is 0 Å². The SMILES string of the molecule is CN1CCCN(C(=O)c2ccnc(C(N)=O)c2)c2cc(Cl)ccc21. The minimum absolute atomic E-state index is 0.0686. The predicted octanol–water partition coefficient (Wildman–Crippen LogP) is 2.32. The zero-order valence-corrected chi connectivity index (χ0v) is 14.0. The number of primary amides is 1. The highest BCUT2D eigenvalue weighted by Gasteiger charge is 2.25. The summed E-state index contributed by atoms with van der Waals surface area (Å²) >= 11 is 6.13. The van der Waals surface area contributed by atoms with Gasteiger partial charge in [0.15, 0.2) is 0 Å². The minimum Gasteiger partial charge on any atom is -0.373 e. The smallest absolute Gasteiger partial charge is 0.267 e. The maximum Gasteiger partial charge on any atom is 0.267 e. The number of pyridine rings is 1. The Bertz CT molecular complexity index is 809. The first-order valence-corrected chi connectivity index (χ1v) is 7.93. The Morgan fingerprint density at radius 3 is 2.71 bits per heavy atom. The van der Waals surface area contributed by atoms with E-state index in [2.05, 4.69) is 9.88 Å². The summed E-state index contributed by atoms with van der Waals surface area (Å²) in [4.78, 5) is 32.0. The second-order valence-electron chi connectivity index (χ2n) is 5.66. The number of hydrogen-bond donors (Lipinski definition) is 1. The van der Waals surface area contributed by atoms with Crippen molar-refractivity contribution in [1.82, 2.24) is 4.98 Å². The van der Waals surface area contributed by atoms with Gasteiger partial charge in [0.05, 0.1) is 11.4 Å². The van der Waals surface area contributed by atoms with Gasteiger partial charge in [0, 0.05) is 36.9 Å². The lowest BCUT2D eigenvalue weighted by Crippen LogP contribution is -2.32. The molecule has 1 aliphatic rings. The summed E-state index contributed by atoms with van der Waals surface area (Å²) in [5, 5.41) is 0.564. The Morgan fingerprint density at radius 1 is 1.17 bits per heavy atom. The van der Waals surface area contributed by atoms with Crippen LogP contribution in [0.15, 0.2) is 36.5 Å². The molecule has 2 N–H and O–H groups in total. The fraction of sp³-hybridized carbons (Fsp3) is 0.235. The lowest BCUT2D eigenvalue weighted by Gasteiger charge is -2.24. The summed E-state index contributed by atoms with van der Waals surface area (Å²) in [6, 6.07) is 8.50. The van der Waals surface area contributed by atoms with Crippen LogP contribution in [-0.4, -0.2) is 36.9 Å². The van der Waals surface area contributed by atoms with Gasteiger partial charge in [-0.2, -0.15) is 0 Å². The van der Waals surface area contributed by atoms with E-state index < -0.39 is 5.91 Å². The van der Waals surface area contributed by atoms with E-state index in [0.717, 1.165) is 24.3 Å². The molecule has 0 bridgehead atoms. The third-order valence-electron chi connectivity index (χ3n) is 4.02. The van der Waals surface area contributed by atoms with E-state index in [1.165, 1.54) is 12.3 Å². The Labute approximate surface area is 144 Å². The van der Waals surface area contributed by atoms with Gasteiger partial charge in [0.1, 0.15) is 5.69 Å². The quantitative estimate of drug-likeness (QED) is 0.906. The number of carbonyl (C=O) groups is 2. The Hall–Kier alpha value is -2.60. The molecule has 0 saturated carbocycles. The predicted molar refractivity (Wildman–Crippen MR) is 93.8 cm³/mol. The number of carbonyl (C=O) groups excluding carboxylic acids is 2. The first-order chi connectivity index (χ1) is 11.5. The number of fused-ring (bicyclic) bond motifs is 1. The van der Waals surface area contributed by atoms with Crippen LogP contribution in [0.4, 0.5) is 11.4 Å². The Morgan fingerprint density at radius 2 is 1.96 bits per heavy atom. The number of hydrogen-bond acceptors (Lipinski definition) is 4. The summed E-state index contributed by atoms with van der Waals surface area (Å²) in [6.45, 7) is 1.39. The van der Waals surface area contributed by atoms with Crippen LogP contribution in [0.3, 0.4) is 0 Å². The molecule has 124 valence electrons. The molecule has 3 rings (SSSR count). The molecule has 2 aromatic rings. The third kappa shape index (κ3) is 3.05. The van der Waals surface area contributed by atoms with Crippen LogP contribution in [0.25, 0.3) is 0 Å². The highest BCUT2D eigenvalue weighted by Crippen LogP contribution is 2.34. The molecule has 2 heterocycles. The van der Waals surface area contributed by atoms with E-state index in [1.807, 2.05) is 19.2 Å². The van der Waals surface area contributed by atoms with Crippen LogP contribution in [0.2, 0.25) is 5.02 Å². The molecule has 24 heavy (non-hydrogen) atoms. The van der Waals surface area contributed by atoms with Crippen molar-refractivity contribution in [2.75, 3.05) is 29.9 Å². The van der Waals surface area contributed by atoms with Gasteiger partial charge >= 0.3 is 0 Å². The first-order valence-electron chi connectivity index (χ1n) is 7.56. The van der Waals surface area contributed by atoms with E-state index in [1.54, 1.807) is 17.0 Å². The first kappa shape index (κ1) is 16.3. The number of rotatable bonds is 2. The number of aromatic nitrogens is 1. The molecule has 0 saturated heterocycles. The van der Waals surface area contributed by atoms with E-state index >= 15 is 0 Å². The van der Waals surface area contributed by atoms with E-state index in [0.29, 0.717) is 17.1 Å². The maximum atomic E-state index is 13.0. The van der Waals surface area contributed by atoms with Crippen molar-refractivity contribution < 1.29 is 9.59 Å². The van der Waals surface area contributed by atoms with Crippen molar-refractivity contribution in [2.24, 2.45) is 5.73 Å². The minimum atomic E-state index is -0.663. The summed E-state index contributed by atoms with van der Waals surface area (Å²) in [5.41, 5.74) is 7.38. The second-order valence-corrected chi connectivity index (χ2v) is 6.10. The number of amides is 2. The number of nitrogens with two attached hydrogens (primary N) is 1. The fourth-order valence-corrected chi connectivity index (χ4v) is 2.97. The number of halogens is 1. The number of benzene rings is 1. The Kier molecular flexibility index (Phi) is 4.40. The lowest BCUT2D eigenvalue weighted by atomic mass is 10.1. The molecular weight excluding hydrogens is 328 g/mol. The van der Waals surface area contributed by atoms with Gasteiger partial charge < -0.3 is 15.5 Å². The molecular formula is C17H17ClN4O2. The topological polar surface area (TPSA) is 79.5 Å². The summed E-state index contributed by atoms with van der Waals surface area (Å²) in [5.74, 6) is -0.873. The standard InChI is InChI=1S/C17H17ClN4O2/c1-21-7-2-8-22(15-10-12(18)3-4-14(15)21)17(24)11-5-6-20-13(9-11)16(19)23/h3-6,9-10H,2,7-8H2,1H3,(H2,19,23). The van der Waals surface area contributed by atoms with Gasteiger partial charge in [0.25, 0.3) is 11.8 Å². The van der Waals surface area contributed by atoms with Crippen LogP contribution in [-0.2, 0) is 0 Å². The molecule has 1 aliphatic heterocycles. The molecule has 2 amide bonds. The third-order valence-corrected chi connectivity index (χ3v) is 4.25. The molecule has 0 radical (unpaired) electrons. The summed E-state index contributed by atoms with van der Waals surface area (Å²) < 4.78 is 0. The lowest BCUT2D eigenvalue weighted by molar-refractivity contribution is 0.0987. The monoisotopic (exact) mass is 344 g/mol. The van der Waals surface area contributed by atoms with Crippen molar-refractivity contribution in [1.29, 1.82) is 0 Å². The fourth-order valence-electron chi connectivity index (χ4n) is 2.81. The van der Waals surface area contributed by atoms with Crippen LogP contribution in [0.5, 0.6) is 0 Å². The molecule has 1 aromatic carbocycles. The summed E-state index contributed by atoms with van der Waals surface area (Å²) in [6.07, 6.45) is 2.23. The zero-order valence-electron chi connectivity index (χ0n) is 13.2. The maximum absolute atomic E-state index is 13.0. The van der Waals surface area contributed by atoms with Gasteiger partial charge in [-0.25, -0.2) is 0 Å².